The molecular formula is C13H20O3. The third-order valence-electron chi connectivity index (χ3n) is 2.04. The van der Waals surface area contributed by atoms with Crippen LogP contribution in [0, 0.1) is 0 Å². The molecule has 0 saturated carbocycles. The topological polar surface area (TPSA) is 27.7 Å². The summed E-state index contributed by atoms with van der Waals surface area (Å²) in [6, 6.07) is 7.74. The van der Waals surface area contributed by atoms with Gasteiger partial charge >= 0.3 is 0 Å². The summed E-state index contributed by atoms with van der Waals surface area (Å²) < 4.78 is 16.0. The molecule has 1 aromatic rings. The smallest absolute Gasteiger partial charge is 0.122 e. The maximum absolute atomic E-state index is 5.57. The zero-order valence-electron chi connectivity index (χ0n) is 10.1. The zero-order chi connectivity index (χ0) is 11.6. The van der Waals surface area contributed by atoms with Gasteiger partial charge in [-0.3, -0.25) is 0 Å². The summed E-state index contributed by atoms with van der Waals surface area (Å²) in [6.07, 6.45) is 1.91. The van der Waals surface area contributed by atoms with Crippen molar-refractivity contribution < 1.29 is 14.2 Å². The minimum atomic E-state index is 0.672. The first-order valence-corrected chi connectivity index (χ1v) is 5.71. The fraction of sp³-hybridized carbons (Fsp3) is 0.538. The predicted octanol–water partition coefficient (Wildman–Crippen LogP) is 2.89. The molecule has 0 heterocycles. The standard InChI is InChI=1S/C13H20O3/c1-3-8-15-12-6-4-7-13(11-12)16-10-5-9-14-2/h4,6-7,11H,3,5,8-10H2,1-2H3. The van der Waals surface area contributed by atoms with Crippen molar-refractivity contribution in [3.63, 3.8) is 0 Å². The molecule has 0 bridgehead atoms. The van der Waals surface area contributed by atoms with Gasteiger partial charge in [-0.1, -0.05) is 13.0 Å². The van der Waals surface area contributed by atoms with E-state index in [0.29, 0.717) is 6.61 Å². The molecule has 16 heavy (non-hydrogen) atoms. The van der Waals surface area contributed by atoms with Crippen molar-refractivity contribution in [1.29, 1.82) is 0 Å². The van der Waals surface area contributed by atoms with E-state index < -0.39 is 0 Å². The number of rotatable bonds is 8. The molecule has 3 nitrogen and oxygen atoms in total. The predicted molar refractivity (Wildman–Crippen MR) is 64.2 cm³/mol. The highest BCUT2D eigenvalue weighted by atomic mass is 16.5. The molecule has 0 saturated heterocycles. The van der Waals surface area contributed by atoms with Gasteiger partial charge in [-0.25, -0.2) is 0 Å². The fourth-order valence-electron chi connectivity index (χ4n) is 1.27. The molecule has 0 aliphatic rings. The zero-order valence-corrected chi connectivity index (χ0v) is 10.1. The first kappa shape index (κ1) is 12.8. The van der Waals surface area contributed by atoms with Gasteiger partial charge in [0.2, 0.25) is 0 Å². The van der Waals surface area contributed by atoms with Crippen molar-refractivity contribution in [2.45, 2.75) is 19.8 Å². The summed E-state index contributed by atoms with van der Waals surface area (Å²) >= 11 is 0. The summed E-state index contributed by atoms with van der Waals surface area (Å²) in [4.78, 5) is 0. The molecule has 90 valence electrons. The largest absolute Gasteiger partial charge is 0.493 e. The Balaban J connectivity index is 2.35. The monoisotopic (exact) mass is 224 g/mol. The van der Waals surface area contributed by atoms with Crippen LogP contribution in [-0.4, -0.2) is 26.9 Å². The van der Waals surface area contributed by atoms with Crippen molar-refractivity contribution in [2.75, 3.05) is 26.9 Å². The highest BCUT2D eigenvalue weighted by molar-refractivity contribution is 5.32. The number of hydrogen-bond acceptors (Lipinski definition) is 3. The molecule has 0 N–H and O–H groups in total. The summed E-state index contributed by atoms with van der Waals surface area (Å²) in [7, 11) is 1.69. The van der Waals surface area contributed by atoms with Crippen LogP contribution in [0.2, 0.25) is 0 Å². The van der Waals surface area contributed by atoms with Gasteiger partial charge < -0.3 is 14.2 Å². The van der Waals surface area contributed by atoms with Crippen LogP contribution in [0.25, 0.3) is 0 Å². The average molecular weight is 224 g/mol. The number of benzene rings is 1. The molecule has 1 rings (SSSR count). The van der Waals surface area contributed by atoms with E-state index in [9.17, 15) is 0 Å². The lowest BCUT2D eigenvalue weighted by atomic mass is 10.3. The van der Waals surface area contributed by atoms with E-state index in [0.717, 1.165) is 37.6 Å². The lowest BCUT2D eigenvalue weighted by Crippen LogP contribution is -2.01. The second-order valence-corrected chi connectivity index (χ2v) is 3.52. The van der Waals surface area contributed by atoms with Gasteiger partial charge in [-0.15, -0.1) is 0 Å². The minimum absolute atomic E-state index is 0.672. The van der Waals surface area contributed by atoms with Crippen LogP contribution in [-0.2, 0) is 4.74 Å². The molecule has 0 aromatic heterocycles. The summed E-state index contributed by atoms with van der Waals surface area (Å²) in [6.45, 7) is 4.23. The number of ether oxygens (including phenoxy) is 3. The Morgan fingerprint density at radius 3 is 2.31 bits per heavy atom. The third kappa shape index (κ3) is 5.03. The van der Waals surface area contributed by atoms with E-state index in [-0.39, 0.29) is 0 Å². The molecule has 1 aromatic carbocycles. The van der Waals surface area contributed by atoms with Gasteiger partial charge in [0.05, 0.1) is 13.2 Å². The molecule has 0 amide bonds. The number of hydrogen-bond donors (Lipinski definition) is 0. The normalized spacial score (nSPS) is 10.1. The first-order chi connectivity index (χ1) is 7.86. The molecule has 0 atom stereocenters. The Kier molecular flexibility index (Phi) is 6.42. The van der Waals surface area contributed by atoms with E-state index in [2.05, 4.69) is 6.92 Å². The summed E-state index contributed by atoms with van der Waals surface area (Å²) in [5.41, 5.74) is 0. The molecule has 0 fully saturated rings. The van der Waals surface area contributed by atoms with Crippen molar-refractivity contribution in [3.8, 4) is 11.5 Å². The van der Waals surface area contributed by atoms with E-state index >= 15 is 0 Å². The van der Waals surface area contributed by atoms with Gasteiger partial charge in [-0.2, -0.15) is 0 Å². The minimum Gasteiger partial charge on any atom is -0.493 e. The van der Waals surface area contributed by atoms with Crippen molar-refractivity contribution in [2.24, 2.45) is 0 Å². The van der Waals surface area contributed by atoms with Crippen LogP contribution in [0.4, 0.5) is 0 Å². The summed E-state index contributed by atoms with van der Waals surface area (Å²) in [5.74, 6) is 1.72. The molecule has 0 unspecified atom stereocenters. The maximum atomic E-state index is 5.57. The van der Waals surface area contributed by atoms with Gasteiger partial charge in [0.15, 0.2) is 0 Å². The van der Waals surface area contributed by atoms with Gasteiger partial charge in [0.1, 0.15) is 11.5 Å². The van der Waals surface area contributed by atoms with E-state index in [1.807, 2.05) is 24.3 Å². The molecule has 0 aliphatic heterocycles. The van der Waals surface area contributed by atoms with Crippen LogP contribution in [0.15, 0.2) is 24.3 Å². The quantitative estimate of drug-likeness (QED) is 0.635. The van der Waals surface area contributed by atoms with E-state index in [4.69, 9.17) is 14.2 Å². The lowest BCUT2D eigenvalue weighted by molar-refractivity contribution is 0.172. The van der Waals surface area contributed by atoms with Crippen LogP contribution in [0.1, 0.15) is 19.8 Å². The Labute approximate surface area is 97.3 Å². The van der Waals surface area contributed by atoms with E-state index in [1.54, 1.807) is 7.11 Å². The lowest BCUT2D eigenvalue weighted by Gasteiger charge is -2.08. The van der Waals surface area contributed by atoms with Crippen molar-refractivity contribution in [3.05, 3.63) is 24.3 Å². The van der Waals surface area contributed by atoms with Gasteiger partial charge in [0.25, 0.3) is 0 Å². The average Bonchev–Trinajstić information content (AvgIpc) is 2.33. The highest BCUT2D eigenvalue weighted by Crippen LogP contribution is 2.19. The SMILES string of the molecule is CCCOc1cccc(OCCCOC)c1. The van der Waals surface area contributed by atoms with Crippen molar-refractivity contribution in [1.82, 2.24) is 0 Å². The highest BCUT2D eigenvalue weighted by Gasteiger charge is 1.97. The number of methoxy groups -OCH3 is 1. The summed E-state index contributed by atoms with van der Waals surface area (Å²) in [5, 5.41) is 0. The molecule has 3 heteroatoms. The Hall–Kier alpha value is -1.22. The van der Waals surface area contributed by atoms with Crippen LogP contribution < -0.4 is 9.47 Å². The second kappa shape index (κ2) is 7.99. The molecule has 0 aliphatic carbocycles. The van der Waals surface area contributed by atoms with Crippen LogP contribution in [0.5, 0.6) is 11.5 Å². The van der Waals surface area contributed by atoms with E-state index in [1.165, 1.54) is 0 Å². The molecule has 0 spiro atoms. The second-order valence-electron chi connectivity index (χ2n) is 3.52. The Morgan fingerprint density at radius 2 is 1.69 bits per heavy atom. The van der Waals surface area contributed by atoms with Gasteiger partial charge in [-0.05, 0) is 18.6 Å². The Morgan fingerprint density at radius 1 is 1.00 bits per heavy atom. The fourth-order valence-corrected chi connectivity index (χ4v) is 1.27. The Bertz CT molecular complexity index is 286. The van der Waals surface area contributed by atoms with Crippen LogP contribution >= 0.6 is 0 Å². The first-order valence-electron chi connectivity index (χ1n) is 5.71. The maximum Gasteiger partial charge on any atom is 0.122 e. The van der Waals surface area contributed by atoms with Gasteiger partial charge in [0, 0.05) is 26.2 Å². The molecule has 0 radical (unpaired) electrons. The third-order valence-corrected chi connectivity index (χ3v) is 2.04. The van der Waals surface area contributed by atoms with Crippen molar-refractivity contribution >= 4 is 0 Å². The molecular weight excluding hydrogens is 204 g/mol. The van der Waals surface area contributed by atoms with Crippen LogP contribution in [0.3, 0.4) is 0 Å².